The summed E-state index contributed by atoms with van der Waals surface area (Å²) in [4.78, 5) is 12.5. The first kappa shape index (κ1) is 13.8. The summed E-state index contributed by atoms with van der Waals surface area (Å²) in [6.07, 6.45) is 2.53. The first-order valence-electron chi connectivity index (χ1n) is 6.29. The molecule has 102 valence electrons. The number of thiocarbonyl (C=S) groups is 1. The molecule has 19 heavy (non-hydrogen) atoms. The fourth-order valence-corrected chi connectivity index (χ4v) is 2.51. The lowest BCUT2D eigenvalue weighted by Gasteiger charge is -2.39. The number of methoxy groups -OCH3 is 1. The Balaban J connectivity index is 1.94. The van der Waals surface area contributed by atoms with Gasteiger partial charge in [-0.3, -0.25) is 4.79 Å². The summed E-state index contributed by atoms with van der Waals surface area (Å²) < 4.78 is 5.09. The van der Waals surface area contributed by atoms with Gasteiger partial charge >= 0.3 is 0 Å². The van der Waals surface area contributed by atoms with Gasteiger partial charge in [0.15, 0.2) is 0 Å². The number of ether oxygens (including phenoxy) is 1. The predicted octanol–water partition coefficient (Wildman–Crippen LogP) is 1.77. The van der Waals surface area contributed by atoms with E-state index < -0.39 is 5.41 Å². The number of carbonyl (C=O) groups is 1. The van der Waals surface area contributed by atoms with Crippen molar-refractivity contribution < 1.29 is 9.53 Å². The van der Waals surface area contributed by atoms with E-state index in [1.807, 2.05) is 24.3 Å². The Labute approximate surface area is 118 Å². The molecule has 0 bridgehead atoms. The Morgan fingerprint density at radius 3 is 2.47 bits per heavy atom. The molecule has 0 aliphatic heterocycles. The van der Waals surface area contributed by atoms with Gasteiger partial charge < -0.3 is 15.8 Å². The molecule has 3 N–H and O–H groups in total. The molecule has 0 spiro atoms. The molecule has 1 amide bonds. The Hall–Kier alpha value is -1.62. The molecular weight excluding hydrogens is 260 g/mol. The third kappa shape index (κ3) is 2.71. The van der Waals surface area contributed by atoms with Crippen molar-refractivity contribution in [1.82, 2.24) is 5.32 Å². The van der Waals surface area contributed by atoms with Crippen LogP contribution >= 0.6 is 12.2 Å². The van der Waals surface area contributed by atoms with Crippen LogP contribution in [0, 0.1) is 5.41 Å². The van der Waals surface area contributed by atoms with E-state index in [-0.39, 0.29) is 5.91 Å². The lowest BCUT2D eigenvalue weighted by molar-refractivity contribution is -0.131. The third-order valence-corrected chi connectivity index (χ3v) is 4.12. The highest BCUT2D eigenvalue weighted by Gasteiger charge is 2.46. The Morgan fingerprint density at radius 2 is 2.05 bits per heavy atom. The predicted molar refractivity (Wildman–Crippen MR) is 77.9 cm³/mol. The molecule has 1 fully saturated rings. The molecule has 0 atom stereocenters. The molecule has 1 saturated carbocycles. The maximum atomic E-state index is 12.2. The van der Waals surface area contributed by atoms with E-state index in [1.54, 1.807) is 7.11 Å². The van der Waals surface area contributed by atoms with Crippen LogP contribution in [-0.2, 0) is 11.3 Å². The van der Waals surface area contributed by atoms with E-state index in [1.165, 1.54) is 0 Å². The van der Waals surface area contributed by atoms with Gasteiger partial charge in [0.25, 0.3) is 0 Å². The molecule has 0 aromatic heterocycles. The zero-order chi connectivity index (χ0) is 13.9. The minimum Gasteiger partial charge on any atom is -0.497 e. The van der Waals surface area contributed by atoms with Crippen LogP contribution < -0.4 is 15.8 Å². The van der Waals surface area contributed by atoms with Crippen molar-refractivity contribution in [1.29, 1.82) is 0 Å². The Kier molecular flexibility index (Phi) is 4.04. The largest absolute Gasteiger partial charge is 0.497 e. The molecule has 5 heteroatoms. The van der Waals surface area contributed by atoms with Gasteiger partial charge in [-0.05, 0) is 30.5 Å². The van der Waals surface area contributed by atoms with Crippen molar-refractivity contribution in [3.8, 4) is 5.75 Å². The highest BCUT2D eigenvalue weighted by molar-refractivity contribution is 7.80. The van der Waals surface area contributed by atoms with Gasteiger partial charge in [-0.25, -0.2) is 0 Å². The first-order chi connectivity index (χ1) is 9.08. The van der Waals surface area contributed by atoms with E-state index in [2.05, 4.69) is 5.32 Å². The number of nitrogens with one attached hydrogen (secondary N) is 1. The molecular formula is C14H18N2O2S. The van der Waals surface area contributed by atoms with E-state index in [9.17, 15) is 4.79 Å². The third-order valence-electron chi connectivity index (χ3n) is 3.73. The van der Waals surface area contributed by atoms with Crippen molar-refractivity contribution in [3.63, 3.8) is 0 Å². The van der Waals surface area contributed by atoms with E-state index in [0.717, 1.165) is 30.6 Å². The lowest BCUT2D eigenvalue weighted by atomic mass is 9.68. The zero-order valence-corrected chi connectivity index (χ0v) is 11.8. The number of rotatable bonds is 5. The molecule has 4 nitrogen and oxygen atoms in total. The normalized spacial score (nSPS) is 16.3. The number of amides is 1. The fraction of sp³-hybridized carbons (Fsp3) is 0.429. The quantitative estimate of drug-likeness (QED) is 0.806. The fourth-order valence-electron chi connectivity index (χ4n) is 2.21. The van der Waals surface area contributed by atoms with Gasteiger partial charge in [0.05, 0.1) is 17.5 Å². The second-order valence-corrected chi connectivity index (χ2v) is 5.27. The first-order valence-corrected chi connectivity index (χ1v) is 6.70. The Bertz CT molecular complexity index is 481. The van der Waals surface area contributed by atoms with Crippen LogP contribution in [-0.4, -0.2) is 18.0 Å². The minimum atomic E-state index is -0.609. The summed E-state index contributed by atoms with van der Waals surface area (Å²) in [6, 6.07) is 7.59. The van der Waals surface area contributed by atoms with E-state index in [0.29, 0.717) is 11.5 Å². The topological polar surface area (TPSA) is 64.3 Å². The average molecular weight is 278 g/mol. The van der Waals surface area contributed by atoms with Gasteiger partial charge in [-0.1, -0.05) is 30.8 Å². The van der Waals surface area contributed by atoms with Crippen molar-refractivity contribution in [2.45, 2.75) is 25.8 Å². The van der Waals surface area contributed by atoms with Crippen molar-refractivity contribution in [2.24, 2.45) is 11.1 Å². The molecule has 1 aromatic rings. The molecule has 2 rings (SSSR count). The zero-order valence-electron chi connectivity index (χ0n) is 10.9. The summed E-state index contributed by atoms with van der Waals surface area (Å²) in [5.41, 5.74) is 6.11. The van der Waals surface area contributed by atoms with Crippen LogP contribution in [0.4, 0.5) is 0 Å². The summed E-state index contributed by atoms with van der Waals surface area (Å²) in [5.74, 6) is 0.746. The summed E-state index contributed by atoms with van der Waals surface area (Å²) in [7, 11) is 1.62. The number of carbonyl (C=O) groups excluding carboxylic acids is 1. The minimum absolute atomic E-state index is 0.0536. The van der Waals surface area contributed by atoms with Crippen LogP contribution in [0.1, 0.15) is 24.8 Å². The van der Waals surface area contributed by atoms with E-state index >= 15 is 0 Å². The summed E-state index contributed by atoms with van der Waals surface area (Å²) in [6.45, 7) is 0.479. The Morgan fingerprint density at radius 1 is 1.42 bits per heavy atom. The lowest BCUT2D eigenvalue weighted by Crippen LogP contribution is -2.52. The van der Waals surface area contributed by atoms with Gasteiger partial charge in [-0.15, -0.1) is 0 Å². The molecule has 0 saturated heterocycles. The smallest absolute Gasteiger partial charge is 0.233 e. The van der Waals surface area contributed by atoms with Crippen molar-refractivity contribution in [3.05, 3.63) is 29.8 Å². The molecule has 1 aliphatic rings. The van der Waals surface area contributed by atoms with E-state index in [4.69, 9.17) is 22.7 Å². The van der Waals surface area contributed by atoms with Crippen LogP contribution in [0.2, 0.25) is 0 Å². The molecule has 1 aliphatic carbocycles. The SMILES string of the molecule is COc1ccc(CNC(=O)C2(C(N)=S)CCC2)cc1. The number of hydrogen-bond donors (Lipinski definition) is 2. The number of benzene rings is 1. The second kappa shape index (κ2) is 5.57. The maximum Gasteiger partial charge on any atom is 0.233 e. The van der Waals surface area contributed by atoms with Crippen LogP contribution in [0.25, 0.3) is 0 Å². The monoisotopic (exact) mass is 278 g/mol. The average Bonchev–Trinajstić information content (AvgIpc) is 2.35. The number of nitrogens with two attached hydrogens (primary N) is 1. The van der Waals surface area contributed by atoms with Crippen molar-refractivity contribution >= 4 is 23.1 Å². The van der Waals surface area contributed by atoms with Gasteiger partial charge in [0.1, 0.15) is 5.75 Å². The molecule has 0 unspecified atom stereocenters. The standard InChI is InChI=1S/C14H18N2O2S/c1-18-11-5-3-10(4-6-11)9-16-13(17)14(12(15)19)7-2-8-14/h3-6H,2,7-9H2,1H3,(H2,15,19)(H,16,17). The number of hydrogen-bond acceptors (Lipinski definition) is 3. The summed E-state index contributed by atoms with van der Waals surface area (Å²) >= 11 is 5.02. The van der Waals surface area contributed by atoms with Gasteiger partial charge in [0.2, 0.25) is 5.91 Å². The molecule has 0 heterocycles. The second-order valence-electron chi connectivity index (χ2n) is 4.83. The molecule has 0 radical (unpaired) electrons. The maximum absolute atomic E-state index is 12.2. The van der Waals surface area contributed by atoms with Crippen molar-refractivity contribution in [2.75, 3.05) is 7.11 Å². The van der Waals surface area contributed by atoms with Crippen LogP contribution in [0.5, 0.6) is 5.75 Å². The van der Waals surface area contributed by atoms with Crippen LogP contribution in [0.15, 0.2) is 24.3 Å². The van der Waals surface area contributed by atoms with Gasteiger partial charge in [0, 0.05) is 6.54 Å². The highest BCUT2D eigenvalue weighted by atomic mass is 32.1. The highest BCUT2D eigenvalue weighted by Crippen LogP contribution is 2.41. The summed E-state index contributed by atoms with van der Waals surface area (Å²) in [5, 5.41) is 2.91. The molecule has 1 aromatic carbocycles. The van der Waals surface area contributed by atoms with Gasteiger partial charge in [-0.2, -0.15) is 0 Å². The van der Waals surface area contributed by atoms with Crippen LogP contribution in [0.3, 0.4) is 0 Å².